The molecule has 1 rings (SSSR count). The van der Waals surface area contributed by atoms with Crippen LogP contribution in [0.2, 0.25) is 0 Å². The number of aliphatic imine (C=N–C) groups is 1. The number of guanidine groups is 1. The van der Waals surface area contributed by atoms with Gasteiger partial charge in [-0.05, 0) is 19.3 Å². The molecule has 0 saturated heterocycles. The molecule has 19 heavy (non-hydrogen) atoms. The molecule has 4 N–H and O–H groups in total. The highest BCUT2D eigenvalue weighted by Crippen LogP contribution is 2.16. The van der Waals surface area contributed by atoms with E-state index in [-0.39, 0.29) is 29.9 Å². The minimum absolute atomic E-state index is 0. The van der Waals surface area contributed by atoms with Gasteiger partial charge in [-0.3, -0.25) is 9.79 Å². The van der Waals surface area contributed by atoms with Crippen molar-refractivity contribution >= 4 is 35.8 Å². The van der Waals surface area contributed by atoms with Crippen molar-refractivity contribution in [1.29, 1.82) is 0 Å². The number of amides is 1. The second kappa shape index (κ2) is 11.3. The number of carbonyl (C=O) groups is 1. The smallest absolute Gasteiger partial charge is 0.221 e. The Hall–Kier alpha value is -0.530. The number of carbonyl (C=O) groups excluding carboxylic acids is 1. The lowest BCUT2D eigenvalue weighted by Gasteiger charge is -2.23. The van der Waals surface area contributed by atoms with Crippen LogP contribution in [-0.2, 0) is 4.79 Å². The first-order chi connectivity index (χ1) is 8.72. The molecule has 1 fully saturated rings. The topological polar surface area (TPSA) is 79.5 Å². The van der Waals surface area contributed by atoms with Gasteiger partial charge in [-0.15, -0.1) is 24.0 Å². The number of rotatable bonds is 6. The van der Waals surface area contributed by atoms with Crippen molar-refractivity contribution in [3.63, 3.8) is 0 Å². The molecule has 1 aliphatic rings. The van der Waals surface area contributed by atoms with Crippen LogP contribution in [-0.4, -0.2) is 31.0 Å². The van der Waals surface area contributed by atoms with Gasteiger partial charge < -0.3 is 16.4 Å². The number of nitrogens with zero attached hydrogens (tertiary/aromatic N) is 1. The molecule has 0 aromatic carbocycles. The molecular formula is C13H27IN4O. The van der Waals surface area contributed by atoms with Crippen LogP contribution in [0, 0.1) is 0 Å². The van der Waals surface area contributed by atoms with Gasteiger partial charge in [-0.25, -0.2) is 0 Å². The summed E-state index contributed by atoms with van der Waals surface area (Å²) in [4.78, 5) is 15.5. The minimum Gasteiger partial charge on any atom is -0.370 e. The lowest BCUT2D eigenvalue weighted by Crippen LogP contribution is -2.41. The quantitative estimate of drug-likeness (QED) is 0.372. The van der Waals surface area contributed by atoms with Crippen LogP contribution in [0.4, 0.5) is 0 Å². The molecule has 6 heteroatoms. The Balaban J connectivity index is 0.00000324. The van der Waals surface area contributed by atoms with Gasteiger partial charge in [-0.2, -0.15) is 0 Å². The van der Waals surface area contributed by atoms with Crippen molar-refractivity contribution in [3.8, 4) is 0 Å². The molecule has 5 nitrogen and oxygen atoms in total. The van der Waals surface area contributed by atoms with Crippen molar-refractivity contribution in [2.24, 2.45) is 10.7 Å². The van der Waals surface area contributed by atoms with Gasteiger partial charge in [0.2, 0.25) is 5.91 Å². The molecule has 1 amide bonds. The van der Waals surface area contributed by atoms with Crippen LogP contribution in [0.5, 0.6) is 0 Å². The van der Waals surface area contributed by atoms with E-state index in [2.05, 4.69) is 15.6 Å². The van der Waals surface area contributed by atoms with E-state index in [1.54, 1.807) is 0 Å². The molecule has 0 unspecified atom stereocenters. The summed E-state index contributed by atoms with van der Waals surface area (Å²) in [6.45, 7) is 3.23. The molecular weight excluding hydrogens is 355 g/mol. The summed E-state index contributed by atoms with van der Waals surface area (Å²) < 4.78 is 0. The highest BCUT2D eigenvalue weighted by molar-refractivity contribution is 14.0. The molecule has 0 spiro atoms. The Morgan fingerprint density at radius 1 is 1.32 bits per heavy atom. The van der Waals surface area contributed by atoms with Gasteiger partial charge in [0, 0.05) is 19.0 Å². The first-order valence-electron chi connectivity index (χ1n) is 7.05. The van der Waals surface area contributed by atoms with Gasteiger partial charge in [-0.1, -0.05) is 26.2 Å². The summed E-state index contributed by atoms with van der Waals surface area (Å²) in [6, 6.07) is 0.469. The highest BCUT2D eigenvalue weighted by atomic mass is 127. The second-order valence-corrected chi connectivity index (χ2v) is 4.85. The Bertz CT molecular complexity index is 278. The predicted molar refractivity (Wildman–Crippen MR) is 89.8 cm³/mol. The van der Waals surface area contributed by atoms with E-state index in [1.165, 1.54) is 32.1 Å². The summed E-state index contributed by atoms with van der Waals surface area (Å²) >= 11 is 0. The van der Waals surface area contributed by atoms with Crippen LogP contribution in [0.3, 0.4) is 0 Å². The molecule has 0 aliphatic heterocycles. The summed E-state index contributed by atoms with van der Waals surface area (Å²) in [5.41, 5.74) is 5.80. The Labute approximate surface area is 133 Å². The van der Waals surface area contributed by atoms with Gasteiger partial charge >= 0.3 is 0 Å². The lowest BCUT2D eigenvalue weighted by molar-refractivity contribution is -0.120. The third kappa shape index (κ3) is 9.07. The van der Waals surface area contributed by atoms with Crippen LogP contribution in [0.15, 0.2) is 4.99 Å². The highest BCUT2D eigenvalue weighted by Gasteiger charge is 2.13. The van der Waals surface area contributed by atoms with Crippen LogP contribution >= 0.6 is 24.0 Å². The van der Waals surface area contributed by atoms with Gasteiger partial charge in [0.15, 0.2) is 5.96 Å². The molecule has 0 heterocycles. The second-order valence-electron chi connectivity index (χ2n) is 4.85. The van der Waals surface area contributed by atoms with Gasteiger partial charge in [0.1, 0.15) is 0 Å². The zero-order chi connectivity index (χ0) is 13.2. The summed E-state index contributed by atoms with van der Waals surface area (Å²) in [7, 11) is 0. The van der Waals surface area contributed by atoms with E-state index in [0.717, 1.165) is 13.0 Å². The number of halogens is 1. The molecule has 0 bridgehead atoms. The van der Waals surface area contributed by atoms with Gasteiger partial charge in [0.05, 0.1) is 6.54 Å². The fraction of sp³-hybridized carbons (Fsp3) is 0.846. The number of hydrogen-bond donors (Lipinski definition) is 3. The van der Waals surface area contributed by atoms with E-state index in [0.29, 0.717) is 25.0 Å². The van der Waals surface area contributed by atoms with E-state index >= 15 is 0 Å². The normalized spacial score (nSPS) is 16.6. The maximum atomic E-state index is 11.3. The molecule has 112 valence electrons. The Morgan fingerprint density at radius 3 is 2.63 bits per heavy atom. The maximum Gasteiger partial charge on any atom is 0.221 e. The predicted octanol–water partition coefficient (Wildman–Crippen LogP) is 1.76. The zero-order valence-corrected chi connectivity index (χ0v) is 14.1. The largest absolute Gasteiger partial charge is 0.370 e. The molecule has 0 radical (unpaired) electrons. The van der Waals surface area contributed by atoms with E-state index in [4.69, 9.17) is 5.73 Å². The number of nitrogens with two attached hydrogens (primary N) is 1. The molecule has 1 aliphatic carbocycles. The van der Waals surface area contributed by atoms with Crippen molar-refractivity contribution in [2.75, 3.05) is 13.1 Å². The monoisotopic (exact) mass is 382 g/mol. The average molecular weight is 382 g/mol. The Morgan fingerprint density at radius 2 is 2.00 bits per heavy atom. The third-order valence-corrected chi connectivity index (χ3v) is 3.15. The van der Waals surface area contributed by atoms with Crippen molar-refractivity contribution in [1.82, 2.24) is 10.6 Å². The van der Waals surface area contributed by atoms with Gasteiger partial charge in [0.25, 0.3) is 0 Å². The SMILES string of the molecule is CCCNC(=O)CCN=C(N)NC1CCCCC1.I. The lowest BCUT2D eigenvalue weighted by atomic mass is 9.96. The number of nitrogens with one attached hydrogen (secondary N) is 2. The van der Waals surface area contributed by atoms with Crippen molar-refractivity contribution < 1.29 is 4.79 Å². The molecule has 1 saturated carbocycles. The maximum absolute atomic E-state index is 11.3. The summed E-state index contributed by atoms with van der Waals surface area (Å²) in [5, 5.41) is 6.05. The summed E-state index contributed by atoms with van der Waals surface area (Å²) in [5.74, 6) is 0.524. The fourth-order valence-electron chi connectivity index (χ4n) is 2.13. The van der Waals surface area contributed by atoms with Crippen LogP contribution in [0.1, 0.15) is 51.9 Å². The van der Waals surface area contributed by atoms with Crippen molar-refractivity contribution in [3.05, 3.63) is 0 Å². The van der Waals surface area contributed by atoms with Crippen molar-refractivity contribution in [2.45, 2.75) is 57.9 Å². The summed E-state index contributed by atoms with van der Waals surface area (Å²) in [6.07, 6.45) is 7.58. The van der Waals surface area contributed by atoms with E-state index in [1.807, 2.05) is 6.92 Å². The molecule has 0 aromatic rings. The average Bonchev–Trinajstić information content (AvgIpc) is 2.37. The molecule has 0 atom stereocenters. The fourth-order valence-corrected chi connectivity index (χ4v) is 2.13. The number of hydrogen-bond acceptors (Lipinski definition) is 2. The first-order valence-corrected chi connectivity index (χ1v) is 7.05. The van der Waals surface area contributed by atoms with Crippen LogP contribution in [0.25, 0.3) is 0 Å². The standard InChI is InChI=1S/C13H26N4O.HI/c1-2-9-15-12(18)8-10-16-13(14)17-11-6-4-3-5-7-11;/h11H,2-10H2,1H3,(H,15,18)(H3,14,16,17);1H. The van der Waals surface area contributed by atoms with E-state index < -0.39 is 0 Å². The third-order valence-electron chi connectivity index (χ3n) is 3.15. The zero-order valence-electron chi connectivity index (χ0n) is 11.8. The Kier molecular flexibility index (Phi) is 11.0. The minimum atomic E-state index is 0. The van der Waals surface area contributed by atoms with Crippen LogP contribution < -0.4 is 16.4 Å². The first kappa shape index (κ1) is 18.5. The van der Waals surface area contributed by atoms with E-state index in [9.17, 15) is 4.79 Å². The molecule has 0 aromatic heterocycles.